The molecule has 160 valence electrons. The summed E-state index contributed by atoms with van der Waals surface area (Å²) in [6.07, 6.45) is 1.24. The molecule has 2 N–H and O–H groups in total. The monoisotopic (exact) mass is 432 g/mol. The first-order valence-electron chi connectivity index (χ1n) is 9.53. The molecule has 0 aliphatic heterocycles. The van der Waals surface area contributed by atoms with E-state index in [2.05, 4.69) is 14.8 Å². The highest BCUT2D eigenvalue weighted by Crippen LogP contribution is 2.27. The first-order chi connectivity index (χ1) is 14.4. The molecule has 1 amide bonds. The normalized spacial score (nSPS) is 15.3. The lowest BCUT2D eigenvalue weighted by atomic mass is 10.1. The number of amides is 1. The average molecular weight is 432 g/mol. The molecular weight excluding hydrogens is 408 g/mol. The lowest BCUT2D eigenvalue weighted by Gasteiger charge is -2.12. The van der Waals surface area contributed by atoms with Gasteiger partial charge in [-0.15, -0.1) is 0 Å². The molecule has 0 saturated heterocycles. The third-order valence-corrected chi connectivity index (χ3v) is 6.27. The molecule has 1 aliphatic carbocycles. The number of benzene rings is 2. The van der Waals surface area contributed by atoms with Gasteiger partial charge in [-0.3, -0.25) is 9.59 Å². The Morgan fingerprint density at radius 3 is 2.53 bits per heavy atom. The molecule has 0 spiro atoms. The first-order valence-corrected chi connectivity index (χ1v) is 11.0. The molecule has 0 aromatic heterocycles. The molecule has 2 aromatic carbocycles. The van der Waals surface area contributed by atoms with Crippen molar-refractivity contribution in [1.29, 1.82) is 0 Å². The van der Waals surface area contributed by atoms with Crippen molar-refractivity contribution in [3.8, 4) is 5.75 Å². The van der Waals surface area contributed by atoms with E-state index in [0.29, 0.717) is 18.6 Å². The number of hydrogen-bond acceptors (Lipinski definition) is 6. The maximum Gasteiger partial charge on any atom is 0.307 e. The number of sulfonamides is 1. The zero-order chi connectivity index (χ0) is 21.6. The summed E-state index contributed by atoms with van der Waals surface area (Å²) in [4.78, 5) is 23.1. The highest BCUT2D eigenvalue weighted by Gasteiger charge is 2.26. The topological polar surface area (TPSA) is 111 Å². The average Bonchev–Trinajstić information content (AvgIpc) is 3.13. The summed E-state index contributed by atoms with van der Waals surface area (Å²) in [5.41, 5.74) is 2.03. The van der Waals surface area contributed by atoms with Gasteiger partial charge in [-0.05, 0) is 48.2 Å². The molecule has 1 unspecified atom stereocenters. The number of esters is 1. The van der Waals surface area contributed by atoms with E-state index in [1.165, 1.54) is 7.11 Å². The van der Waals surface area contributed by atoms with Crippen LogP contribution in [0.2, 0.25) is 0 Å². The molecule has 0 heterocycles. The van der Waals surface area contributed by atoms with Crippen LogP contribution >= 0.6 is 0 Å². The SMILES string of the molecule is COC(=O)CCNC(=O)COc1ccc2c(c1)CC(NS(=O)(=O)c1ccccc1)C2. The van der Waals surface area contributed by atoms with Crippen LogP contribution in [-0.4, -0.2) is 46.6 Å². The Balaban J connectivity index is 1.51. The van der Waals surface area contributed by atoms with Crippen molar-refractivity contribution in [2.45, 2.75) is 30.2 Å². The number of rotatable bonds is 9. The standard InChI is InChI=1S/C21H24N2O6S/c1-28-21(25)9-10-22-20(24)14-29-18-8-7-15-11-17(12-16(15)13-18)23-30(26,27)19-5-3-2-4-6-19/h2-8,13,17,23H,9-12,14H2,1H3,(H,22,24). The zero-order valence-corrected chi connectivity index (χ0v) is 17.4. The number of fused-ring (bicyclic) bond motifs is 1. The second-order valence-corrected chi connectivity index (χ2v) is 8.65. The van der Waals surface area contributed by atoms with Gasteiger partial charge in [0.1, 0.15) is 5.75 Å². The van der Waals surface area contributed by atoms with Gasteiger partial charge in [-0.1, -0.05) is 24.3 Å². The largest absolute Gasteiger partial charge is 0.484 e. The third-order valence-electron chi connectivity index (χ3n) is 4.73. The second-order valence-electron chi connectivity index (χ2n) is 6.93. The molecular formula is C21H24N2O6S. The number of carbonyl (C=O) groups excluding carboxylic acids is 2. The fourth-order valence-electron chi connectivity index (χ4n) is 3.26. The minimum absolute atomic E-state index is 0.0986. The highest BCUT2D eigenvalue weighted by molar-refractivity contribution is 7.89. The van der Waals surface area contributed by atoms with Gasteiger partial charge < -0.3 is 14.8 Å². The summed E-state index contributed by atoms with van der Waals surface area (Å²) in [6, 6.07) is 13.5. The fraction of sp³-hybridized carbons (Fsp3) is 0.333. The van der Waals surface area contributed by atoms with Crippen LogP contribution in [0.1, 0.15) is 17.5 Å². The summed E-state index contributed by atoms with van der Waals surface area (Å²) >= 11 is 0. The number of nitrogens with one attached hydrogen (secondary N) is 2. The summed E-state index contributed by atoms with van der Waals surface area (Å²) in [5, 5.41) is 2.58. The molecule has 0 radical (unpaired) electrons. The predicted octanol–water partition coefficient (Wildman–Crippen LogP) is 1.19. The number of hydrogen-bond donors (Lipinski definition) is 2. The Bertz CT molecular complexity index is 1010. The Morgan fingerprint density at radius 1 is 1.07 bits per heavy atom. The van der Waals surface area contributed by atoms with Crippen molar-refractivity contribution in [3.05, 3.63) is 59.7 Å². The molecule has 8 nitrogen and oxygen atoms in total. The number of ether oxygens (including phenoxy) is 2. The second kappa shape index (κ2) is 9.73. The van der Waals surface area contributed by atoms with Gasteiger partial charge in [0, 0.05) is 12.6 Å². The molecule has 0 fully saturated rings. The number of methoxy groups -OCH3 is 1. The number of carbonyl (C=O) groups is 2. The summed E-state index contributed by atoms with van der Waals surface area (Å²) < 4.78 is 37.8. The van der Waals surface area contributed by atoms with E-state index in [0.717, 1.165) is 11.1 Å². The molecule has 1 atom stereocenters. The van der Waals surface area contributed by atoms with E-state index in [9.17, 15) is 18.0 Å². The van der Waals surface area contributed by atoms with Crippen molar-refractivity contribution in [1.82, 2.24) is 10.0 Å². The highest BCUT2D eigenvalue weighted by atomic mass is 32.2. The van der Waals surface area contributed by atoms with Gasteiger partial charge in [0.2, 0.25) is 10.0 Å². The lowest BCUT2D eigenvalue weighted by molar-refractivity contribution is -0.140. The van der Waals surface area contributed by atoms with E-state index in [1.807, 2.05) is 12.1 Å². The van der Waals surface area contributed by atoms with Gasteiger partial charge in [-0.2, -0.15) is 0 Å². The zero-order valence-electron chi connectivity index (χ0n) is 16.6. The van der Waals surface area contributed by atoms with Crippen LogP contribution in [0, 0.1) is 0 Å². The molecule has 3 rings (SSSR count). The van der Waals surface area contributed by atoms with E-state index in [1.54, 1.807) is 36.4 Å². The van der Waals surface area contributed by atoms with Gasteiger partial charge in [-0.25, -0.2) is 13.1 Å². The Hall–Kier alpha value is -2.91. The molecule has 0 saturated carbocycles. The maximum atomic E-state index is 12.5. The van der Waals surface area contributed by atoms with Gasteiger partial charge >= 0.3 is 5.97 Å². The molecule has 1 aliphatic rings. The fourth-order valence-corrected chi connectivity index (χ4v) is 4.52. The van der Waals surface area contributed by atoms with Crippen LogP contribution in [0.4, 0.5) is 0 Å². The Labute approximate surface area is 175 Å². The van der Waals surface area contributed by atoms with Crippen LogP contribution < -0.4 is 14.8 Å². The lowest BCUT2D eigenvalue weighted by Crippen LogP contribution is -2.35. The molecule has 9 heteroatoms. The quantitative estimate of drug-likeness (QED) is 0.576. The third kappa shape index (κ3) is 5.80. The van der Waals surface area contributed by atoms with E-state index in [-0.39, 0.29) is 36.4 Å². The minimum atomic E-state index is -3.58. The van der Waals surface area contributed by atoms with Crippen LogP contribution in [0.5, 0.6) is 5.75 Å². The first kappa shape index (κ1) is 21.8. The van der Waals surface area contributed by atoms with Crippen LogP contribution in [0.25, 0.3) is 0 Å². The van der Waals surface area contributed by atoms with Crippen molar-refractivity contribution in [2.24, 2.45) is 0 Å². The van der Waals surface area contributed by atoms with Crippen LogP contribution in [-0.2, 0) is 37.2 Å². The van der Waals surface area contributed by atoms with E-state index < -0.39 is 16.0 Å². The van der Waals surface area contributed by atoms with Gasteiger partial charge in [0.25, 0.3) is 5.91 Å². The smallest absolute Gasteiger partial charge is 0.307 e. The van der Waals surface area contributed by atoms with Crippen molar-refractivity contribution >= 4 is 21.9 Å². The van der Waals surface area contributed by atoms with Crippen molar-refractivity contribution < 1.29 is 27.5 Å². The predicted molar refractivity (Wildman–Crippen MR) is 110 cm³/mol. The van der Waals surface area contributed by atoms with Crippen molar-refractivity contribution in [3.63, 3.8) is 0 Å². The maximum absolute atomic E-state index is 12.5. The summed E-state index contributed by atoms with van der Waals surface area (Å²) in [6.45, 7) is 0.00627. The summed E-state index contributed by atoms with van der Waals surface area (Å²) in [7, 11) is -2.29. The van der Waals surface area contributed by atoms with E-state index >= 15 is 0 Å². The van der Waals surface area contributed by atoms with Crippen LogP contribution in [0.15, 0.2) is 53.4 Å². The molecule has 0 bridgehead atoms. The molecule has 2 aromatic rings. The Morgan fingerprint density at radius 2 is 1.80 bits per heavy atom. The van der Waals surface area contributed by atoms with E-state index in [4.69, 9.17) is 4.74 Å². The Kier molecular flexibility index (Phi) is 7.07. The van der Waals surface area contributed by atoms with Crippen LogP contribution in [0.3, 0.4) is 0 Å². The van der Waals surface area contributed by atoms with Gasteiger partial charge in [0.15, 0.2) is 6.61 Å². The van der Waals surface area contributed by atoms with Crippen molar-refractivity contribution in [2.75, 3.05) is 20.3 Å². The summed E-state index contributed by atoms with van der Waals surface area (Å²) in [5.74, 6) is -0.205. The minimum Gasteiger partial charge on any atom is -0.484 e. The molecule has 30 heavy (non-hydrogen) atoms. The van der Waals surface area contributed by atoms with Gasteiger partial charge in [0.05, 0.1) is 18.4 Å².